The zero-order valence-corrected chi connectivity index (χ0v) is 7.99. The van der Waals surface area contributed by atoms with E-state index >= 15 is 0 Å². The van der Waals surface area contributed by atoms with Crippen molar-refractivity contribution in [1.82, 2.24) is 0 Å². The maximum absolute atomic E-state index is 10.9. The Balaban J connectivity index is 2.74. The van der Waals surface area contributed by atoms with Gasteiger partial charge in [-0.15, -0.1) is 0 Å². The van der Waals surface area contributed by atoms with E-state index in [-0.39, 0.29) is 9.99 Å². The van der Waals surface area contributed by atoms with Crippen molar-refractivity contribution in [1.29, 1.82) is 0 Å². The lowest BCUT2D eigenvalue weighted by atomic mass is 10.0. The number of hydrogen-bond donors (Lipinski definition) is 0. The first kappa shape index (κ1) is 8.78. The molecule has 0 saturated carbocycles. The van der Waals surface area contributed by atoms with E-state index in [9.17, 15) is 4.79 Å². The number of carbonyl (C=O) groups is 1. The summed E-state index contributed by atoms with van der Waals surface area (Å²) in [6.07, 6.45) is 2.14. The lowest BCUT2D eigenvalue weighted by Crippen LogP contribution is -2.25. The van der Waals surface area contributed by atoms with Gasteiger partial charge in [-0.25, -0.2) is 4.99 Å². The fraction of sp³-hybridized carbons (Fsp3) is 0.750. The molecular formula is C8H13NOS. The van der Waals surface area contributed by atoms with Gasteiger partial charge in [0.2, 0.25) is 0 Å². The molecule has 1 aliphatic heterocycles. The summed E-state index contributed by atoms with van der Waals surface area (Å²) in [6, 6.07) is 0. The van der Waals surface area contributed by atoms with E-state index in [1.165, 1.54) is 11.8 Å². The number of thioether (sulfide) groups is 1. The lowest BCUT2D eigenvalue weighted by Gasteiger charge is -2.20. The fourth-order valence-electron chi connectivity index (χ4n) is 1.25. The van der Waals surface area contributed by atoms with E-state index in [0.29, 0.717) is 0 Å². The Bertz CT molecular complexity index is 212. The summed E-state index contributed by atoms with van der Waals surface area (Å²) >= 11 is 1.36. The van der Waals surface area contributed by atoms with Gasteiger partial charge in [-0.3, -0.25) is 4.79 Å². The first-order valence-corrected chi connectivity index (χ1v) is 4.69. The quantitative estimate of drug-likeness (QED) is 0.639. The minimum absolute atomic E-state index is 0.00810. The highest BCUT2D eigenvalue weighted by Crippen LogP contribution is 2.37. The summed E-state index contributed by atoms with van der Waals surface area (Å²) in [5.41, 5.74) is 0.981. The standard InChI is InChI=1S/C8H13NOS/c1-4-5-8(3)6(2)9-7(10)11-8/h4-5H2,1-3H3. The van der Waals surface area contributed by atoms with Crippen molar-refractivity contribution in [2.75, 3.05) is 0 Å². The number of nitrogens with zero attached hydrogens (tertiary/aromatic N) is 1. The maximum atomic E-state index is 10.9. The van der Waals surface area contributed by atoms with Crippen molar-refractivity contribution >= 4 is 22.7 Å². The number of amides is 1. The van der Waals surface area contributed by atoms with Crippen molar-refractivity contribution in [2.24, 2.45) is 4.99 Å². The van der Waals surface area contributed by atoms with Crippen LogP contribution in [0.25, 0.3) is 0 Å². The third-order valence-corrected chi connectivity index (χ3v) is 3.28. The summed E-state index contributed by atoms with van der Waals surface area (Å²) < 4.78 is -0.00810. The minimum atomic E-state index is -0.0292. The second-order valence-corrected chi connectivity index (χ2v) is 4.50. The Kier molecular flexibility index (Phi) is 2.37. The molecule has 0 aromatic heterocycles. The molecular weight excluding hydrogens is 158 g/mol. The molecule has 11 heavy (non-hydrogen) atoms. The lowest BCUT2D eigenvalue weighted by molar-refractivity contribution is 0.268. The molecule has 3 heteroatoms. The Labute approximate surface area is 71.5 Å². The van der Waals surface area contributed by atoms with Gasteiger partial charge >= 0.3 is 5.24 Å². The zero-order chi connectivity index (χ0) is 8.48. The summed E-state index contributed by atoms with van der Waals surface area (Å²) in [7, 11) is 0. The molecule has 0 spiro atoms. The second-order valence-electron chi connectivity index (χ2n) is 3.05. The average molecular weight is 171 g/mol. The second kappa shape index (κ2) is 2.97. The van der Waals surface area contributed by atoms with Crippen LogP contribution in [0.4, 0.5) is 4.79 Å². The van der Waals surface area contributed by atoms with Crippen molar-refractivity contribution in [3.63, 3.8) is 0 Å². The predicted octanol–water partition coefficient (Wildman–Crippen LogP) is 2.87. The number of aliphatic imine (C=N–C) groups is 1. The number of rotatable bonds is 2. The monoisotopic (exact) mass is 171 g/mol. The molecule has 1 unspecified atom stereocenters. The molecule has 2 nitrogen and oxygen atoms in total. The highest BCUT2D eigenvalue weighted by atomic mass is 32.2. The van der Waals surface area contributed by atoms with E-state index in [1.807, 2.05) is 6.92 Å². The van der Waals surface area contributed by atoms with Crippen molar-refractivity contribution in [2.45, 2.75) is 38.4 Å². The van der Waals surface area contributed by atoms with Gasteiger partial charge in [-0.1, -0.05) is 25.1 Å². The molecule has 0 aromatic carbocycles. The van der Waals surface area contributed by atoms with Gasteiger partial charge in [0.25, 0.3) is 0 Å². The third kappa shape index (κ3) is 1.64. The molecule has 0 radical (unpaired) electrons. The molecule has 1 heterocycles. The normalized spacial score (nSPS) is 30.8. The van der Waals surface area contributed by atoms with Crippen LogP contribution >= 0.6 is 11.8 Å². The van der Waals surface area contributed by atoms with Gasteiger partial charge in [-0.05, 0) is 20.3 Å². The molecule has 0 saturated heterocycles. The van der Waals surface area contributed by atoms with E-state index in [2.05, 4.69) is 18.8 Å². The summed E-state index contributed by atoms with van der Waals surface area (Å²) in [6.45, 7) is 6.15. The maximum Gasteiger partial charge on any atom is 0.305 e. The molecule has 0 aliphatic carbocycles. The van der Waals surface area contributed by atoms with E-state index in [0.717, 1.165) is 18.6 Å². The van der Waals surface area contributed by atoms with Gasteiger partial charge in [0, 0.05) is 5.71 Å². The first-order chi connectivity index (χ1) is 5.08. The molecule has 1 atom stereocenters. The van der Waals surface area contributed by atoms with Crippen molar-refractivity contribution in [3.05, 3.63) is 0 Å². The van der Waals surface area contributed by atoms with E-state index in [4.69, 9.17) is 0 Å². The first-order valence-electron chi connectivity index (χ1n) is 3.87. The van der Waals surface area contributed by atoms with Crippen LogP contribution in [0.1, 0.15) is 33.6 Å². The molecule has 1 rings (SSSR count). The molecule has 0 bridgehead atoms. The van der Waals surface area contributed by atoms with Crippen LogP contribution in [0.2, 0.25) is 0 Å². The fourth-order valence-corrected chi connectivity index (χ4v) is 2.32. The zero-order valence-electron chi connectivity index (χ0n) is 7.18. The predicted molar refractivity (Wildman–Crippen MR) is 49.4 cm³/mol. The molecule has 62 valence electrons. The Morgan fingerprint density at radius 1 is 1.64 bits per heavy atom. The van der Waals surface area contributed by atoms with E-state index in [1.54, 1.807) is 0 Å². The number of carbonyl (C=O) groups excluding carboxylic acids is 1. The number of hydrogen-bond acceptors (Lipinski definition) is 2. The molecule has 0 N–H and O–H groups in total. The average Bonchev–Trinajstić information content (AvgIpc) is 2.08. The summed E-state index contributed by atoms with van der Waals surface area (Å²) in [5.74, 6) is 0. The van der Waals surface area contributed by atoms with Crippen LogP contribution < -0.4 is 0 Å². The van der Waals surface area contributed by atoms with Crippen LogP contribution in [0, 0.1) is 0 Å². The van der Waals surface area contributed by atoms with E-state index < -0.39 is 0 Å². The topological polar surface area (TPSA) is 29.4 Å². The molecule has 0 aromatic rings. The van der Waals surface area contributed by atoms with Gasteiger partial charge in [0.05, 0.1) is 4.75 Å². The largest absolute Gasteiger partial charge is 0.305 e. The van der Waals surface area contributed by atoms with Crippen LogP contribution in [-0.4, -0.2) is 15.7 Å². The summed E-state index contributed by atoms with van der Waals surface area (Å²) in [4.78, 5) is 14.8. The third-order valence-electron chi connectivity index (χ3n) is 2.06. The summed E-state index contributed by atoms with van der Waals surface area (Å²) in [5, 5.41) is -0.0292. The minimum Gasteiger partial charge on any atom is -0.259 e. The van der Waals surface area contributed by atoms with Crippen molar-refractivity contribution < 1.29 is 4.79 Å². The SMILES string of the molecule is CCCC1(C)SC(=O)N=C1C. The van der Waals surface area contributed by atoms with Crippen LogP contribution in [0.3, 0.4) is 0 Å². The van der Waals surface area contributed by atoms with Crippen LogP contribution in [0.15, 0.2) is 4.99 Å². The van der Waals surface area contributed by atoms with Gasteiger partial charge in [0.1, 0.15) is 0 Å². The Morgan fingerprint density at radius 3 is 2.64 bits per heavy atom. The Morgan fingerprint density at radius 2 is 2.27 bits per heavy atom. The smallest absolute Gasteiger partial charge is 0.259 e. The van der Waals surface area contributed by atoms with Gasteiger partial charge in [0.15, 0.2) is 0 Å². The van der Waals surface area contributed by atoms with Crippen LogP contribution in [-0.2, 0) is 0 Å². The Hall–Kier alpha value is -0.310. The molecule has 1 aliphatic rings. The van der Waals surface area contributed by atoms with Crippen molar-refractivity contribution in [3.8, 4) is 0 Å². The molecule has 0 fully saturated rings. The van der Waals surface area contributed by atoms with Gasteiger partial charge < -0.3 is 0 Å². The highest BCUT2D eigenvalue weighted by molar-refractivity contribution is 8.15. The van der Waals surface area contributed by atoms with Gasteiger partial charge in [-0.2, -0.15) is 0 Å². The van der Waals surface area contributed by atoms with Crippen LogP contribution in [0.5, 0.6) is 0 Å². The molecule has 1 amide bonds. The highest BCUT2D eigenvalue weighted by Gasteiger charge is 2.36.